The summed E-state index contributed by atoms with van der Waals surface area (Å²) in [6.45, 7) is -0.157. The molecule has 0 spiro atoms. The number of carbonyl (C=O) groups excluding carboxylic acids is 6. The number of amides is 6. The van der Waals surface area contributed by atoms with Gasteiger partial charge in [-0.3, -0.25) is 28.8 Å². The number of hydrogen-bond acceptors (Lipinski definition) is 10. The van der Waals surface area contributed by atoms with Crippen LogP contribution in [0.2, 0.25) is 0 Å². The van der Waals surface area contributed by atoms with Gasteiger partial charge in [0.1, 0.15) is 30.2 Å². The normalized spacial score (nSPS) is 26.6. The lowest BCUT2D eigenvalue weighted by Gasteiger charge is -2.31. The lowest BCUT2D eigenvalue weighted by Crippen LogP contribution is -2.61. The highest BCUT2D eigenvalue weighted by atomic mass is 16.3. The van der Waals surface area contributed by atoms with Crippen LogP contribution in [0.5, 0.6) is 0 Å². The predicted octanol–water partition coefficient (Wildman–Crippen LogP) is -5.47. The molecule has 1 saturated heterocycles. The lowest BCUT2D eigenvalue weighted by molar-refractivity contribution is -0.143. The number of nitrogens with two attached hydrogens (primary N) is 2. The molecule has 11 N–H and O–H groups in total. The van der Waals surface area contributed by atoms with Gasteiger partial charge >= 0.3 is 0 Å². The van der Waals surface area contributed by atoms with Crippen molar-refractivity contribution in [3.63, 3.8) is 0 Å². The molecule has 6 atom stereocenters. The van der Waals surface area contributed by atoms with Crippen molar-refractivity contribution in [2.45, 2.75) is 75.3 Å². The summed E-state index contributed by atoms with van der Waals surface area (Å²) < 4.78 is 0. The first-order valence-corrected chi connectivity index (χ1v) is 12.2. The summed E-state index contributed by atoms with van der Waals surface area (Å²) in [7, 11) is 1.28. The third-order valence-electron chi connectivity index (χ3n) is 6.06. The van der Waals surface area contributed by atoms with Crippen LogP contribution < -0.4 is 32.7 Å². The topological polar surface area (TPSA) is 267 Å². The second kappa shape index (κ2) is 15.8. The highest BCUT2D eigenvalue weighted by molar-refractivity contribution is 5.96. The smallest absolute Gasteiger partial charge is 0.247 e. The third kappa shape index (κ3) is 9.85. The number of aliphatic hydroxyl groups is 3. The number of nitrogens with zero attached hydrogens (tertiary/aromatic N) is 1. The van der Waals surface area contributed by atoms with Crippen molar-refractivity contribution >= 4 is 35.4 Å². The van der Waals surface area contributed by atoms with Gasteiger partial charge in [0.15, 0.2) is 0 Å². The highest BCUT2D eigenvalue weighted by Gasteiger charge is 2.35. The van der Waals surface area contributed by atoms with Gasteiger partial charge in [-0.2, -0.15) is 0 Å². The van der Waals surface area contributed by atoms with Crippen molar-refractivity contribution in [3.05, 3.63) is 0 Å². The number of likely N-dealkylation sites (N-methyl/N-ethyl adjacent to an activating group) is 1. The standard InChI is InChI=1S/C22H39N7O9/c1-11(32)17-21(37)27-14(10-31)22(38)29(2)15(18(24)34)5-3-4-8-25-16(33)7-6-13(20(36)28-17)26-19(35)12(23)9-30/h11-15,17,30-32H,3-10,23H2,1-2H3,(H2,24,34)(H,25,33)(H,26,35)(H,27,37)(H,28,36). The molecule has 6 unspecified atom stereocenters. The number of rotatable bonds is 6. The van der Waals surface area contributed by atoms with E-state index in [1.807, 2.05) is 0 Å². The van der Waals surface area contributed by atoms with Gasteiger partial charge in [-0.1, -0.05) is 0 Å². The van der Waals surface area contributed by atoms with E-state index in [0.29, 0.717) is 12.8 Å². The van der Waals surface area contributed by atoms with Crippen molar-refractivity contribution in [2.75, 3.05) is 26.8 Å². The van der Waals surface area contributed by atoms with E-state index < -0.39 is 85.0 Å². The molecule has 38 heavy (non-hydrogen) atoms. The molecule has 1 rings (SSSR count). The Bertz CT molecular complexity index is 870. The number of aliphatic hydroxyl groups excluding tert-OH is 3. The lowest BCUT2D eigenvalue weighted by atomic mass is 10.0. The monoisotopic (exact) mass is 545 g/mol. The van der Waals surface area contributed by atoms with Gasteiger partial charge in [0.25, 0.3) is 0 Å². The quantitative estimate of drug-likeness (QED) is 0.153. The van der Waals surface area contributed by atoms with Crippen LogP contribution in [0.15, 0.2) is 0 Å². The molecule has 0 aromatic rings. The number of primary amides is 1. The molecule has 6 amide bonds. The molecule has 0 radical (unpaired) electrons. The van der Waals surface area contributed by atoms with E-state index in [2.05, 4.69) is 21.3 Å². The van der Waals surface area contributed by atoms with Crippen LogP contribution in [0.3, 0.4) is 0 Å². The second-order valence-corrected chi connectivity index (χ2v) is 9.07. The van der Waals surface area contributed by atoms with Crippen molar-refractivity contribution in [3.8, 4) is 0 Å². The molecule has 216 valence electrons. The van der Waals surface area contributed by atoms with Crippen LogP contribution in [0.4, 0.5) is 0 Å². The van der Waals surface area contributed by atoms with E-state index in [-0.39, 0.29) is 25.8 Å². The van der Waals surface area contributed by atoms with Crippen LogP contribution in [-0.2, 0) is 28.8 Å². The molecule has 0 aromatic carbocycles. The molecular formula is C22H39N7O9. The maximum Gasteiger partial charge on any atom is 0.247 e. The molecule has 0 aliphatic carbocycles. The van der Waals surface area contributed by atoms with Crippen molar-refractivity contribution in [1.29, 1.82) is 0 Å². The Labute approximate surface area is 219 Å². The highest BCUT2D eigenvalue weighted by Crippen LogP contribution is 2.10. The zero-order valence-corrected chi connectivity index (χ0v) is 21.5. The van der Waals surface area contributed by atoms with Gasteiger partial charge in [-0.15, -0.1) is 0 Å². The van der Waals surface area contributed by atoms with Gasteiger partial charge in [0.05, 0.1) is 19.3 Å². The summed E-state index contributed by atoms with van der Waals surface area (Å²) in [5, 5.41) is 38.5. The SMILES string of the molecule is CC(O)C1NC(=O)C(NC(=O)C(N)CO)CCC(=O)NCCCCC(C(N)=O)N(C)C(=O)C(CO)NC1=O. The number of hydrogen-bond donors (Lipinski definition) is 9. The van der Waals surface area contributed by atoms with Crippen LogP contribution in [0.25, 0.3) is 0 Å². The predicted molar refractivity (Wildman–Crippen MR) is 131 cm³/mol. The average molecular weight is 546 g/mol. The molecule has 1 heterocycles. The molecule has 0 saturated carbocycles. The summed E-state index contributed by atoms with van der Waals surface area (Å²) in [5.74, 6) is -4.95. The Balaban J connectivity index is 3.28. The van der Waals surface area contributed by atoms with Crippen molar-refractivity contribution in [2.24, 2.45) is 11.5 Å². The molecule has 16 heteroatoms. The summed E-state index contributed by atoms with van der Waals surface area (Å²) >= 11 is 0. The van der Waals surface area contributed by atoms with E-state index in [9.17, 15) is 39.0 Å². The van der Waals surface area contributed by atoms with Crippen molar-refractivity contribution < 1.29 is 44.1 Å². The third-order valence-corrected chi connectivity index (χ3v) is 6.06. The molecule has 1 aliphatic heterocycles. The van der Waals surface area contributed by atoms with Gasteiger partial charge in [-0.25, -0.2) is 0 Å². The summed E-state index contributed by atoms with van der Waals surface area (Å²) in [6, 6.07) is -6.93. The minimum Gasteiger partial charge on any atom is -0.394 e. The molecule has 0 bridgehead atoms. The molecule has 1 aliphatic rings. The minimum absolute atomic E-state index is 0.158. The maximum absolute atomic E-state index is 13.0. The minimum atomic E-state index is -1.64. The number of carbonyl (C=O) groups is 6. The zero-order valence-electron chi connectivity index (χ0n) is 21.5. The summed E-state index contributed by atoms with van der Waals surface area (Å²) in [4.78, 5) is 76.3. The van der Waals surface area contributed by atoms with Crippen LogP contribution in [-0.4, -0.2) is 119 Å². The largest absolute Gasteiger partial charge is 0.394 e. The van der Waals surface area contributed by atoms with Gasteiger partial charge in [-0.05, 0) is 32.6 Å². The average Bonchev–Trinajstić information content (AvgIpc) is 2.87. The molecule has 1 fully saturated rings. The van der Waals surface area contributed by atoms with E-state index in [1.165, 1.54) is 14.0 Å². The Morgan fingerprint density at radius 3 is 2.32 bits per heavy atom. The maximum atomic E-state index is 13.0. The van der Waals surface area contributed by atoms with E-state index in [4.69, 9.17) is 16.6 Å². The molecular weight excluding hydrogens is 506 g/mol. The van der Waals surface area contributed by atoms with E-state index in [0.717, 1.165) is 4.90 Å². The first-order valence-electron chi connectivity index (χ1n) is 12.2. The fourth-order valence-corrected chi connectivity index (χ4v) is 3.72. The second-order valence-electron chi connectivity index (χ2n) is 9.07. The Morgan fingerprint density at radius 2 is 1.76 bits per heavy atom. The van der Waals surface area contributed by atoms with Crippen LogP contribution >= 0.6 is 0 Å². The van der Waals surface area contributed by atoms with Gasteiger partial charge in [0, 0.05) is 20.0 Å². The zero-order chi connectivity index (χ0) is 29.0. The van der Waals surface area contributed by atoms with Gasteiger partial charge in [0.2, 0.25) is 35.4 Å². The Hall–Kier alpha value is -3.34. The Morgan fingerprint density at radius 1 is 1.11 bits per heavy atom. The molecule has 0 aromatic heterocycles. The van der Waals surface area contributed by atoms with Gasteiger partial charge < -0.3 is 53.0 Å². The first-order chi connectivity index (χ1) is 17.8. The fourth-order valence-electron chi connectivity index (χ4n) is 3.72. The van der Waals surface area contributed by atoms with Crippen LogP contribution in [0, 0.1) is 0 Å². The summed E-state index contributed by atoms with van der Waals surface area (Å²) in [6.07, 6.45) is -0.917. The summed E-state index contributed by atoms with van der Waals surface area (Å²) in [5.41, 5.74) is 10.9. The van der Waals surface area contributed by atoms with Crippen molar-refractivity contribution in [1.82, 2.24) is 26.2 Å². The fraction of sp³-hybridized carbons (Fsp3) is 0.727. The van der Waals surface area contributed by atoms with Crippen LogP contribution in [0.1, 0.15) is 39.0 Å². The number of nitrogens with one attached hydrogen (secondary N) is 4. The molecule has 16 nitrogen and oxygen atoms in total. The first kappa shape index (κ1) is 32.7. The van der Waals surface area contributed by atoms with E-state index in [1.54, 1.807) is 0 Å². The Kier molecular flexibility index (Phi) is 13.6. The van der Waals surface area contributed by atoms with E-state index >= 15 is 0 Å².